The van der Waals surface area contributed by atoms with E-state index in [1.54, 1.807) is 0 Å². The zero-order valence-electron chi connectivity index (χ0n) is 16.3. The van der Waals surface area contributed by atoms with E-state index in [9.17, 15) is 4.79 Å². The first-order chi connectivity index (χ1) is 13.2. The second-order valence-electron chi connectivity index (χ2n) is 8.11. The quantitative estimate of drug-likeness (QED) is 0.832. The van der Waals surface area contributed by atoms with Crippen molar-refractivity contribution in [3.05, 3.63) is 53.9 Å². The number of carbonyl (C=O) groups is 1. The molecular weight excluding hydrogens is 336 g/mol. The summed E-state index contributed by atoms with van der Waals surface area (Å²) in [6.07, 6.45) is 9.54. The Bertz CT molecular complexity index is 741. The van der Waals surface area contributed by atoms with E-state index in [-0.39, 0.29) is 6.03 Å². The fourth-order valence-corrected chi connectivity index (χ4v) is 4.53. The van der Waals surface area contributed by atoms with Gasteiger partial charge in [-0.2, -0.15) is 5.10 Å². The normalized spacial score (nSPS) is 19.4. The summed E-state index contributed by atoms with van der Waals surface area (Å²) in [7, 11) is 1.96. The molecule has 0 saturated carbocycles. The van der Waals surface area contributed by atoms with Crippen LogP contribution in [0.5, 0.6) is 0 Å². The van der Waals surface area contributed by atoms with Gasteiger partial charge in [0.25, 0.3) is 0 Å². The Kier molecular flexibility index (Phi) is 5.46. The second-order valence-corrected chi connectivity index (χ2v) is 8.11. The lowest BCUT2D eigenvalue weighted by molar-refractivity contribution is 0.122. The zero-order chi connectivity index (χ0) is 18.6. The molecule has 0 radical (unpaired) electrons. The number of likely N-dealkylation sites (tertiary alicyclic amines) is 2. The van der Waals surface area contributed by atoms with E-state index in [1.807, 2.05) is 17.9 Å². The fraction of sp³-hybridized carbons (Fsp3) is 0.545. The van der Waals surface area contributed by atoms with Crippen molar-refractivity contribution in [3.8, 4) is 0 Å². The molecule has 0 bridgehead atoms. The minimum absolute atomic E-state index is 0.248. The lowest BCUT2D eigenvalue weighted by Crippen LogP contribution is -2.49. The van der Waals surface area contributed by atoms with Gasteiger partial charge in [0.2, 0.25) is 0 Å². The number of rotatable bonds is 3. The second kappa shape index (κ2) is 8.15. The molecule has 0 N–H and O–H groups in total. The van der Waals surface area contributed by atoms with Crippen molar-refractivity contribution in [2.75, 3.05) is 26.2 Å². The van der Waals surface area contributed by atoms with E-state index < -0.39 is 0 Å². The van der Waals surface area contributed by atoms with Crippen LogP contribution >= 0.6 is 0 Å². The van der Waals surface area contributed by atoms with Crippen LogP contribution < -0.4 is 0 Å². The number of hydrogen-bond donors (Lipinski definition) is 0. The first-order valence-corrected chi connectivity index (χ1v) is 10.3. The predicted molar refractivity (Wildman–Crippen MR) is 107 cm³/mol. The molecule has 0 spiro atoms. The number of hydrogen-bond acceptors (Lipinski definition) is 2. The summed E-state index contributed by atoms with van der Waals surface area (Å²) in [6, 6.07) is 11.0. The number of piperidine rings is 2. The van der Waals surface area contributed by atoms with Crippen molar-refractivity contribution in [1.82, 2.24) is 19.6 Å². The van der Waals surface area contributed by atoms with Gasteiger partial charge in [0.15, 0.2) is 0 Å². The summed E-state index contributed by atoms with van der Waals surface area (Å²) < 4.78 is 1.87. The highest BCUT2D eigenvalue weighted by Crippen LogP contribution is 2.29. The molecule has 2 amide bonds. The Labute approximate surface area is 162 Å². The number of aromatic nitrogens is 2. The fourth-order valence-electron chi connectivity index (χ4n) is 4.53. The SMILES string of the molecule is Cn1cc(C2CCN(C(=O)N3CCC(Cc4ccccc4)CC3)CC2)cn1. The molecule has 1 aromatic carbocycles. The summed E-state index contributed by atoms with van der Waals surface area (Å²) >= 11 is 0. The zero-order valence-corrected chi connectivity index (χ0v) is 16.3. The molecular formula is C22H30N4O. The van der Waals surface area contributed by atoms with Gasteiger partial charge in [-0.3, -0.25) is 4.68 Å². The van der Waals surface area contributed by atoms with Gasteiger partial charge >= 0.3 is 6.03 Å². The molecule has 2 saturated heterocycles. The molecule has 27 heavy (non-hydrogen) atoms. The van der Waals surface area contributed by atoms with Gasteiger partial charge in [-0.1, -0.05) is 30.3 Å². The lowest BCUT2D eigenvalue weighted by atomic mass is 9.90. The van der Waals surface area contributed by atoms with Gasteiger partial charge in [0, 0.05) is 39.4 Å². The van der Waals surface area contributed by atoms with Gasteiger partial charge in [-0.25, -0.2) is 4.79 Å². The number of nitrogens with zero attached hydrogens (tertiary/aromatic N) is 4. The first kappa shape index (κ1) is 18.1. The van der Waals surface area contributed by atoms with E-state index in [2.05, 4.69) is 51.4 Å². The molecule has 4 rings (SSSR count). The summed E-state index contributed by atoms with van der Waals surface area (Å²) in [5, 5.41) is 4.28. The van der Waals surface area contributed by atoms with E-state index >= 15 is 0 Å². The van der Waals surface area contributed by atoms with Gasteiger partial charge in [-0.15, -0.1) is 0 Å². The average Bonchev–Trinajstić information content (AvgIpc) is 3.15. The van der Waals surface area contributed by atoms with Crippen molar-refractivity contribution in [2.45, 2.75) is 38.0 Å². The van der Waals surface area contributed by atoms with Crippen LogP contribution in [0.15, 0.2) is 42.7 Å². The monoisotopic (exact) mass is 366 g/mol. The van der Waals surface area contributed by atoms with Crippen molar-refractivity contribution >= 4 is 6.03 Å². The molecule has 1 aromatic heterocycles. The van der Waals surface area contributed by atoms with Crippen LogP contribution in [-0.4, -0.2) is 51.8 Å². The highest BCUT2D eigenvalue weighted by Gasteiger charge is 2.29. The molecule has 5 heteroatoms. The summed E-state index contributed by atoms with van der Waals surface area (Å²) in [5.41, 5.74) is 2.73. The van der Waals surface area contributed by atoms with Crippen LogP contribution in [0.4, 0.5) is 4.79 Å². The Morgan fingerprint density at radius 1 is 1.00 bits per heavy atom. The number of benzene rings is 1. The maximum atomic E-state index is 12.9. The first-order valence-electron chi connectivity index (χ1n) is 10.3. The molecule has 2 aliphatic rings. The topological polar surface area (TPSA) is 41.4 Å². The molecule has 0 atom stereocenters. The number of aryl methyl sites for hydroxylation is 1. The van der Waals surface area contributed by atoms with Gasteiger partial charge in [0.1, 0.15) is 0 Å². The third-order valence-corrected chi connectivity index (χ3v) is 6.21. The molecule has 2 fully saturated rings. The summed E-state index contributed by atoms with van der Waals surface area (Å²) in [5.74, 6) is 1.24. The largest absolute Gasteiger partial charge is 0.325 e. The highest BCUT2D eigenvalue weighted by molar-refractivity contribution is 5.74. The molecule has 2 aromatic rings. The molecule has 144 valence electrons. The third kappa shape index (κ3) is 4.34. The van der Waals surface area contributed by atoms with Gasteiger partial charge < -0.3 is 9.80 Å². The van der Waals surface area contributed by atoms with E-state index in [0.29, 0.717) is 11.8 Å². The minimum atomic E-state index is 0.248. The van der Waals surface area contributed by atoms with Crippen molar-refractivity contribution < 1.29 is 4.79 Å². The maximum Gasteiger partial charge on any atom is 0.319 e. The number of amides is 2. The maximum absolute atomic E-state index is 12.9. The van der Waals surface area contributed by atoms with Crippen LogP contribution in [0.3, 0.4) is 0 Å². The van der Waals surface area contributed by atoms with Crippen LogP contribution in [0.2, 0.25) is 0 Å². The molecule has 5 nitrogen and oxygen atoms in total. The summed E-state index contributed by atoms with van der Waals surface area (Å²) in [6.45, 7) is 3.53. The smallest absolute Gasteiger partial charge is 0.319 e. The van der Waals surface area contributed by atoms with Crippen LogP contribution in [0.25, 0.3) is 0 Å². The van der Waals surface area contributed by atoms with E-state index in [4.69, 9.17) is 0 Å². The van der Waals surface area contributed by atoms with Gasteiger partial charge in [-0.05, 0) is 55.1 Å². The Hall–Kier alpha value is -2.30. The van der Waals surface area contributed by atoms with E-state index in [1.165, 1.54) is 11.1 Å². The minimum Gasteiger partial charge on any atom is -0.325 e. The number of urea groups is 1. The third-order valence-electron chi connectivity index (χ3n) is 6.21. The van der Waals surface area contributed by atoms with Crippen molar-refractivity contribution in [3.63, 3.8) is 0 Å². The van der Waals surface area contributed by atoms with Crippen LogP contribution in [0, 0.1) is 5.92 Å². The highest BCUT2D eigenvalue weighted by atomic mass is 16.2. The van der Waals surface area contributed by atoms with Crippen molar-refractivity contribution in [2.24, 2.45) is 13.0 Å². The Balaban J connectivity index is 1.24. The van der Waals surface area contributed by atoms with Crippen LogP contribution in [0.1, 0.15) is 42.7 Å². The average molecular weight is 367 g/mol. The van der Waals surface area contributed by atoms with Crippen molar-refractivity contribution in [1.29, 1.82) is 0 Å². The molecule has 0 unspecified atom stereocenters. The standard InChI is InChI=1S/C22H30N4O/c1-24-17-21(16-23-24)20-9-13-26(14-10-20)22(27)25-11-7-19(8-12-25)15-18-5-3-2-4-6-18/h2-6,16-17,19-20H,7-15H2,1H3. The number of carbonyl (C=O) groups excluding carboxylic acids is 1. The Morgan fingerprint density at radius 3 is 2.22 bits per heavy atom. The summed E-state index contributed by atoms with van der Waals surface area (Å²) in [4.78, 5) is 17.0. The van der Waals surface area contributed by atoms with Gasteiger partial charge in [0.05, 0.1) is 6.20 Å². The molecule has 3 heterocycles. The molecule has 0 aliphatic carbocycles. The lowest BCUT2D eigenvalue weighted by Gasteiger charge is -2.38. The van der Waals surface area contributed by atoms with E-state index in [0.717, 1.165) is 58.3 Å². The Morgan fingerprint density at radius 2 is 1.63 bits per heavy atom. The van der Waals surface area contributed by atoms with Crippen LogP contribution in [-0.2, 0) is 13.5 Å². The predicted octanol–water partition coefficient (Wildman–Crippen LogP) is 3.67. The molecule has 2 aliphatic heterocycles.